The fraction of sp³-hybridized carbons (Fsp3) is 0.400. The first kappa shape index (κ1) is 13.8. The minimum Gasteiger partial charge on any atom is -0.271 e. The molecule has 0 spiro atoms. The molecule has 0 radical (unpaired) electrons. The lowest BCUT2D eigenvalue weighted by molar-refractivity contribution is -0.117. The normalized spacial score (nSPS) is 19.1. The van der Waals surface area contributed by atoms with Gasteiger partial charge in [-0.25, -0.2) is 9.98 Å². The van der Waals surface area contributed by atoms with Crippen molar-refractivity contribution in [2.45, 2.75) is 32.4 Å². The van der Waals surface area contributed by atoms with E-state index in [0.717, 1.165) is 22.0 Å². The number of fused-ring (bicyclic) bond motifs is 1. The molecule has 1 aliphatic heterocycles. The van der Waals surface area contributed by atoms with Crippen LogP contribution in [0.4, 0.5) is 0 Å². The van der Waals surface area contributed by atoms with Crippen LogP contribution in [-0.4, -0.2) is 21.2 Å². The van der Waals surface area contributed by atoms with Gasteiger partial charge in [0.15, 0.2) is 0 Å². The number of rotatable bonds is 3. The highest BCUT2D eigenvalue weighted by Crippen LogP contribution is 2.30. The molecule has 104 valence electrons. The number of benzene rings is 1. The Balaban J connectivity index is 1.80. The van der Waals surface area contributed by atoms with Crippen molar-refractivity contribution in [3.63, 3.8) is 0 Å². The van der Waals surface area contributed by atoms with Gasteiger partial charge in [-0.1, -0.05) is 31.7 Å². The average Bonchev–Trinajstić information content (AvgIpc) is 2.91. The zero-order valence-electron chi connectivity index (χ0n) is 11.7. The summed E-state index contributed by atoms with van der Waals surface area (Å²) >= 11 is 3.32. The topological polar surface area (TPSA) is 42.3 Å². The molecular weight excluding hydrogens is 288 g/mol. The summed E-state index contributed by atoms with van der Waals surface area (Å²) in [7, 11) is 0. The van der Waals surface area contributed by atoms with Gasteiger partial charge < -0.3 is 0 Å². The first-order valence-corrected chi connectivity index (χ1v) is 8.36. The molecule has 1 amide bonds. The lowest BCUT2D eigenvalue weighted by Crippen LogP contribution is -2.17. The first-order chi connectivity index (χ1) is 9.52. The summed E-state index contributed by atoms with van der Waals surface area (Å²) in [4.78, 5) is 20.5. The third-order valence-electron chi connectivity index (χ3n) is 3.26. The van der Waals surface area contributed by atoms with Crippen LogP contribution in [0.25, 0.3) is 10.2 Å². The maximum atomic E-state index is 11.8. The summed E-state index contributed by atoms with van der Waals surface area (Å²) in [5, 5.41) is 2.01. The molecule has 1 aromatic carbocycles. The number of thiazole rings is 1. The summed E-state index contributed by atoms with van der Waals surface area (Å²) < 4.78 is 1.21. The lowest BCUT2D eigenvalue weighted by Gasteiger charge is -2.10. The molecule has 3 nitrogen and oxygen atoms in total. The number of carbonyl (C=O) groups excluding carboxylic acids is 1. The fourth-order valence-corrected chi connectivity index (χ4v) is 4.20. The predicted molar refractivity (Wildman–Crippen MR) is 86.7 cm³/mol. The molecule has 1 aliphatic rings. The molecule has 2 heterocycles. The summed E-state index contributed by atoms with van der Waals surface area (Å²) in [6.07, 6.45) is 0.728. The number of aromatic nitrogens is 1. The summed E-state index contributed by atoms with van der Waals surface area (Å²) in [5.41, 5.74) is 2.21. The standard InChI is InChI=1S/C15H16N2OS2/c1-8(2)14-15(18)17-13(20-14)7-10-4-5-12-11(6-10)16-9(3)19-12/h4-6,8,14H,7H2,1-3H3. The van der Waals surface area contributed by atoms with Crippen LogP contribution in [-0.2, 0) is 11.2 Å². The Morgan fingerprint density at radius 1 is 1.35 bits per heavy atom. The number of nitrogens with zero attached hydrogens (tertiary/aromatic N) is 2. The molecule has 1 aromatic heterocycles. The number of thioether (sulfide) groups is 1. The summed E-state index contributed by atoms with van der Waals surface area (Å²) in [5.74, 6) is 0.350. The molecule has 5 heteroatoms. The quantitative estimate of drug-likeness (QED) is 0.865. The van der Waals surface area contributed by atoms with E-state index in [4.69, 9.17) is 0 Å². The summed E-state index contributed by atoms with van der Waals surface area (Å²) in [6, 6.07) is 6.32. The second-order valence-electron chi connectivity index (χ2n) is 5.34. The van der Waals surface area contributed by atoms with E-state index in [-0.39, 0.29) is 11.2 Å². The van der Waals surface area contributed by atoms with E-state index < -0.39 is 0 Å². The van der Waals surface area contributed by atoms with Crippen LogP contribution in [0.15, 0.2) is 23.2 Å². The highest BCUT2D eigenvalue weighted by atomic mass is 32.2. The van der Waals surface area contributed by atoms with Gasteiger partial charge in [-0.3, -0.25) is 4.79 Å². The molecule has 0 saturated carbocycles. The number of aryl methyl sites for hydroxylation is 1. The molecule has 0 saturated heterocycles. The van der Waals surface area contributed by atoms with Gasteiger partial charge in [-0.15, -0.1) is 11.3 Å². The Bertz CT molecular complexity index is 703. The average molecular weight is 304 g/mol. The molecule has 0 fully saturated rings. The Labute approximate surface area is 126 Å². The minimum absolute atomic E-state index is 0.00440. The van der Waals surface area contributed by atoms with Crippen molar-refractivity contribution >= 4 is 44.3 Å². The maximum Gasteiger partial charge on any atom is 0.260 e. The van der Waals surface area contributed by atoms with E-state index >= 15 is 0 Å². The van der Waals surface area contributed by atoms with Crippen molar-refractivity contribution in [1.29, 1.82) is 0 Å². The Hall–Kier alpha value is -1.20. The van der Waals surface area contributed by atoms with Crippen molar-refractivity contribution in [2.75, 3.05) is 0 Å². The number of hydrogen-bond acceptors (Lipinski definition) is 4. The van der Waals surface area contributed by atoms with Crippen molar-refractivity contribution in [3.05, 3.63) is 28.8 Å². The van der Waals surface area contributed by atoms with Crippen molar-refractivity contribution in [3.8, 4) is 0 Å². The van der Waals surface area contributed by atoms with Crippen molar-refractivity contribution in [1.82, 2.24) is 4.98 Å². The monoisotopic (exact) mass is 304 g/mol. The third kappa shape index (κ3) is 2.65. The molecule has 1 unspecified atom stereocenters. The number of aliphatic imine (C=N–C) groups is 1. The van der Waals surface area contributed by atoms with Gasteiger partial charge in [0.25, 0.3) is 5.91 Å². The highest BCUT2D eigenvalue weighted by molar-refractivity contribution is 8.15. The van der Waals surface area contributed by atoms with E-state index in [1.165, 1.54) is 10.3 Å². The Morgan fingerprint density at radius 2 is 2.15 bits per heavy atom. The predicted octanol–water partition coefficient (Wildman–Crippen LogP) is 3.84. The minimum atomic E-state index is -0.00440. The van der Waals surface area contributed by atoms with Crippen LogP contribution < -0.4 is 0 Å². The number of carbonyl (C=O) groups is 1. The molecular formula is C15H16N2OS2. The van der Waals surface area contributed by atoms with Crippen LogP contribution in [0.2, 0.25) is 0 Å². The molecule has 0 aliphatic carbocycles. The fourth-order valence-electron chi connectivity index (χ4n) is 2.29. The van der Waals surface area contributed by atoms with Crippen LogP contribution in [0.3, 0.4) is 0 Å². The molecule has 0 bridgehead atoms. The SMILES string of the molecule is Cc1nc2cc(CC3=NC(=O)C(C(C)C)S3)ccc2s1. The van der Waals surface area contributed by atoms with Crippen LogP contribution >= 0.6 is 23.1 Å². The van der Waals surface area contributed by atoms with E-state index in [2.05, 4.69) is 42.0 Å². The van der Waals surface area contributed by atoms with Crippen LogP contribution in [0, 0.1) is 12.8 Å². The van der Waals surface area contributed by atoms with Gasteiger partial charge in [0.05, 0.1) is 25.5 Å². The van der Waals surface area contributed by atoms with E-state index in [0.29, 0.717) is 5.92 Å². The van der Waals surface area contributed by atoms with Crippen molar-refractivity contribution < 1.29 is 4.79 Å². The van der Waals surface area contributed by atoms with Gasteiger partial charge in [-0.2, -0.15) is 0 Å². The molecule has 0 N–H and O–H groups in total. The maximum absolute atomic E-state index is 11.8. The van der Waals surface area contributed by atoms with Gasteiger partial charge in [0.2, 0.25) is 0 Å². The zero-order chi connectivity index (χ0) is 14.3. The van der Waals surface area contributed by atoms with Gasteiger partial charge in [0.1, 0.15) is 0 Å². The first-order valence-electron chi connectivity index (χ1n) is 6.67. The second kappa shape index (κ2) is 5.30. The van der Waals surface area contributed by atoms with E-state index in [9.17, 15) is 4.79 Å². The zero-order valence-corrected chi connectivity index (χ0v) is 13.3. The van der Waals surface area contributed by atoms with Gasteiger partial charge in [0, 0.05) is 6.42 Å². The van der Waals surface area contributed by atoms with Crippen LogP contribution in [0.5, 0.6) is 0 Å². The number of amides is 1. The molecule has 3 rings (SSSR count). The smallest absolute Gasteiger partial charge is 0.260 e. The highest BCUT2D eigenvalue weighted by Gasteiger charge is 2.30. The third-order valence-corrected chi connectivity index (χ3v) is 5.72. The van der Waals surface area contributed by atoms with E-state index in [1.807, 2.05) is 6.92 Å². The summed E-state index contributed by atoms with van der Waals surface area (Å²) in [6.45, 7) is 6.16. The Morgan fingerprint density at radius 3 is 2.85 bits per heavy atom. The van der Waals surface area contributed by atoms with Crippen molar-refractivity contribution in [2.24, 2.45) is 10.9 Å². The van der Waals surface area contributed by atoms with Gasteiger partial charge in [-0.05, 0) is 30.5 Å². The van der Waals surface area contributed by atoms with Crippen LogP contribution in [0.1, 0.15) is 24.4 Å². The van der Waals surface area contributed by atoms with Gasteiger partial charge >= 0.3 is 0 Å². The molecule has 1 atom stereocenters. The molecule has 2 aromatic rings. The number of hydrogen-bond donors (Lipinski definition) is 0. The Kier molecular flexibility index (Phi) is 3.65. The lowest BCUT2D eigenvalue weighted by atomic mass is 10.1. The largest absolute Gasteiger partial charge is 0.271 e. The second-order valence-corrected chi connectivity index (χ2v) is 7.79. The molecule has 20 heavy (non-hydrogen) atoms. The van der Waals surface area contributed by atoms with E-state index in [1.54, 1.807) is 23.1 Å².